The summed E-state index contributed by atoms with van der Waals surface area (Å²) < 4.78 is 6.67. The Balaban J connectivity index is 1.79. The topological polar surface area (TPSA) is 64.9 Å². The van der Waals surface area contributed by atoms with E-state index in [1.54, 1.807) is 23.9 Å². The van der Waals surface area contributed by atoms with Gasteiger partial charge in [0.05, 0.1) is 12.8 Å². The second-order valence-corrected chi connectivity index (χ2v) is 4.74. The average molecular weight is 296 g/mol. The zero-order valence-corrected chi connectivity index (χ0v) is 12.2. The van der Waals surface area contributed by atoms with Crippen molar-refractivity contribution in [1.82, 2.24) is 25.3 Å². The SMILES string of the molecule is COCCNCCCc1cnn(-c2ccc(Cl)nn2)c1. The summed E-state index contributed by atoms with van der Waals surface area (Å²) in [7, 11) is 1.70. The monoisotopic (exact) mass is 295 g/mol. The first-order chi connectivity index (χ1) is 9.79. The van der Waals surface area contributed by atoms with E-state index in [2.05, 4.69) is 20.6 Å². The summed E-state index contributed by atoms with van der Waals surface area (Å²) in [5, 5.41) is 15.8. The highest BCUT2D eigenvalue weighted by atomic mass is 35.5. The summed E-state index contributed by atoms with van der Waals surface area (Å²) in [6.45, 7) is 2.60. The third-order valence-corrected chi connectivity index (χ3v) is 2.99. The van der Waals surface area contributed by atoms with Gasteiger partial charge in [-0.15, -0.1) is 10.2 Å². The Morgan fingerprint density at radius 1 is 1.30 bits per heavy atom. The summed E-state index contributed by atoms with van der Waals surface area (Å²) in [5.74, 6) is 0.666. The molecule has 2 aromatic heterocycles. The van der Waals surface area contributed by atoms with Crippen molar-refractivity contribution in [3.8, 4) is 5.82 Å². The number of aromatic nitrogens is 4. The van der Waals surface area contributed by atoms with Gasteiger partial charge in [0.2, 0.25) is 0 Å². The smallest absolute Gasteiger partial charge is 0.175 e. The van der Waals surface area contributed by atoms with Crippen LogP contribution in [0.4, 0.5) is 0 Å². The molecule has 0 atom stereocenters. The van der Waals surface area contributed by atoms with Crippen molar-refractivity contribution in [2.75, 3.05) is 26.8 Å². The minimum atomic E-state index is 0.378. The molecule has 0 radical (unpaired) electrons. The zero-order valence-electron chi connectivity index (χ0n) is 11.4. The number of hydrogen-bond acceptors (Lipinski definition) is 5. The third kappa shape index (κ3) is 4.56. The lowest BCUT2D eigenvalue weighted by Crippen LogP contribution is -2.20. The van der Waals surface area contributed by atoms with Crippen molar-refractivity contribution in [3.05, 3.63) is 35.2 Å². The maximum atomic E-state index is 5.71. The molecule has 0 aliphatic rings. The first-order valence-electron chi connectivity index (χ1n) is 6.52. The first-order valence-corrected chi connectivity index (χ1v) is 6.90. The highest BCUT2D eigenvalue weighted by Crippen LogP contribution is 2.08. The molecule has 2 aromatic rings. The van der Waals surface area contributed by atoms with Gasteiger partial charge in [-0.1, -0.05) is 11.6 Å². The van der Waals surface area contributed by atoms with Crippen LogP contribution in [-0.4, -0.2) is 46.8 Å². The van der Waals surface area contributed by atoms with Crippen LogP contribution < -0.4 is 5.32 Å². The number of rotatable bonds is 8. The molecule has 0 aromatic carbocycles. The summed E-state index contributed by atoms with van der Waals surface area (Å²) in [4.78, 5) is 0. The predicted octanol–water partition coefficient (Wildman–Crippen LogP) is 1.48. The largest absolute Gasteiger partial charge is 0.383 e. The van der Waals surface area contributed by atoms with Gasteiger partial charge in [0.25, 0.3) is 0 Å². The van der Waals surface area contributed by atoms with Crippen LogP contribution >= 0.6 is 11.6 Å². The Morgan fingerprint density at radius 3 is 2.95 bits per heavy atom. The van der Waals surface area contributed by atoms with Crippen LogP contribution in [0, 0.1) is 0 Å². The molecule has 0 saturated carbocycles. The maximum absolute atomic E-state index is 5.71. The van der Waals surface area contributed by atoms with Crippen molar-refractivity contribution in [1.29, 1.82) is 0 Å². The molecule has 6 nitrogen and oxygen atoms in total. The fraction of sp³-hybridized carbons (Fsp3) is 0.462. The minimum Gasteiger partial charge on any atom is -0.383 e. The molecule has 0 unspecified atom stereocenters. The highest BCUT2D eigenvalue weighted by Gasteiger charge is 2.03. The number of methoxy groups -OCH3 is 1. The number of halogens is 1. The lowest BCUT2D eigenvalue weighted by atomic mass is 10.2. The minimum absolute atomic E-state index is 0.378. The molecule has 0 aliphatic carbocycles. The fourth-order valence-corrected chi connectivity index (χ4v) is 1.86. The van der Waals surface area contributed by atoms with Crippen LogP contribution in [0.5, 0.6) is 0 Å². The van der Waals surface area contributed by atoms with Crippen LogP contribution in [0.25, 0.3) is 5.82 Å². The van der Waals surface area contributed by atoms with Gasteiger partial charge in [-0.05, 0) is 37.1 Å². The van der Waals surface area contributed by atoms with E-state index in [1.165, 1.54) is 5.56 Å². The van der Waals surface area contributed by atoms with E-state index < -0.39 is 0 Å². The Kier molecular flexibility index (Phi) is 5.91. The van der Waals surface area contributed by atoms with Gasteiger partial charge < -0.3 is 10.1 Å². The van der Waals surface area contributed by atoms with E-state index >= 15 is 0 Å². The molecule has 0 spiro atoms. The highest BCUT2D eigenvalue weighted by molar-refractivity contribution is 6.29. The third-order valence-electron chi connectivity index (χ3n) is 2.79. The molecule has 20 heavy (non-hydrogen) atoms. The molecule has 2 heterocycles. The van der Waals surface area contributed by atoms with E-state index in [0.29, 0.717) is 11.0 Å². The van der Waals surface area contributed by atoms with Gasteiger partial charge >= 0.3 is 0 Å². The molecule has 0 bridgehead atoms. The molecule has 0 aliphatic heterocycles. The molecular formula is C13H18ClN5O. The van der Waals surface area contributed by atoms with Crippen LogP contribution in [0.2, 0.25) is 5.15 Å². The summed E-state index contributed by atoms with van der Waals surface area (Å²) in [5.41, 5.74) is 1.18. The summed E-state index contributed by atoms with van der Waals surface area (Å²) in [6, 6.07) is 3.49. The van der Waals surface area contributed by atoms with E-state index in [4.69, 9.17) is 16.3 Å². The van der Waals surface area contributed by atoms with Gasteiger partial charge in [0.15, 0.2) is 11.0 Å². The maximum Gasteiger partial charge on any atom is 0.175 e. The number of nitrogens with zero attached hydrogens (tertiary/aromatic N) is 4. The standard InChI is InChI=1S/C13H18ClN5O/c1-20-8-7-15-6-2-3-11-9-16-19(10-11)13-5-4-12(14)17-18-13/h4-5,9-10,15H,2-3,6-8H2,1H3. The van der Waals surface area contributed by atoms with Gasteiger partial charge in [-0.3, -0.25) is 0 Å². The van der Waals surface area contributed by atoms with Gasteiger partial charge in [-0.25, -0.2) is 4.68 Å². The van der Waals surface area contributed by atoms with Crippen molar-refractivity contribution in [2.24, 2.45) is 0 Å². The van der Waals surface area contributed by atoms with Crippen LogP contribution in [-0.2, 0) is 11.2 Å². The van der Waals surface area contributed by atoms with E-state index in [-0.39, 0.29) is 0 Å². The second kappa shape index (κ2) is 7.94. The van der Waals surface area contributed by atoms with E-state index in [1.807, 2.05) is 12.4 Å². The average Bonchev–Trinajstić information content (AvgIpc) is 2.92. The molecule has 0 fully saturated rings. The van der Waals surface area contributed by atoms with Crippen LogP contribution in [0.1, 0.15) is 12.0 Å². The van der Waals surface area contributed by atoms with Gasteiger partial charge in [0, 0.05) is 19.9 Å². The first kappa shape index (κ1) is 14.9. The van der Waals surface area contributed by atoms with Crippen LogP contribution in [0.15, 0.2) is 24.5 Å². The molecule has 0 amide bonds. The van der Waals surface area contributed by atoms with Crippen molar-refractivity contribution < 1.29 is 4.74 Å². The van der Waals surface area contributed by atoms with Gasteiger partial charge in [-0.2, -0.15) is 5.10 Å². The summed E-state index contributed by atoms with van der Waals surface area (Å²) in [6.07, 6.45) is 5.85. The fourth-order valence-electron chi connectivity index (χ4n) is 1.76. The quantitative estimate of drug-likeness (QED) is 0.748. The van der Waals surface area contributed by atoms with Crippen molar-refractivity contribution in [3.63, 3.8) is 0 Å². The van der Waals surface area contributed by atoms with Crippen molar-refractivity contribution in [2.45, 2.75) is 12.8 Å². The second-order valence-electron chi connectivity index (χ2n) is 4.35. The van der Waals surface area contributed by atoms with Gasteiger partial charge in [0.1, 0.15) is 0 Å². The van der Waals surface area contributed by atoms with E-state index in [9.17, 15) is 0 Å². The number of aryl methyl sites for hydroxylation is 1. The molecule has 0 saturated heterocycles. The Labute approximate surface area is 123 Å². The predicted molar refractivity (Wildman–Crippen MR) is 77.2 cm³/mol. The Morgan fingerprint density at radius 2 is 2.20 bits per heavy atom. The molecule has 7 heteroatoms. The Hall–Kier alpha value is -1.50. The Bertz CT molecular complexity index is 514. The van der Waals surface area contributed by atoms with Crippen LogP contribution in [0.3, 0.4) is 0 Å². The summed E-state index contributed by atoms with van der Waals surface area (Å²) >= 11 is 5.71. The zero-order chi connectivity index (χ0) is 14.2. The molecule has 2 rings (SSSR count). The number of hydrogen-bond donors (Lipinski definition) is 1. The lowest BCUT2D eigenvalue weighted by Gasteiger charge is -2.02. The van der Waals surface area contributed by atoms with Crippen molar-refractivity contribution >= 4 is 11.6 Å². The normalized spacial score (nSPS) is 10.9. The number of ether oxygens (including phenoxy) is 1. The molecule has 108 valence electrons. The lowest BCUT2D eigenvalue weighted by molar-refractivity contribution is 0.199. The molecular weight excluding hydrogens is 278 g/mol. The number of nitrogens with one attached hydrogen (secondary N) is 1. The molecule has 1 N–H and O–H groups in total. The van der Waals surface area contributed by atoms with E-state index in [0.717, 1.165) is 32.5 Å².